The van der Waals surface area contributed by atoms with Crippen LogP contribution in [0.4, 0.5) is 0 Å². The second-order valence-corrected chi connectivity index (χ2v) is 3.82. The Hall–Kier alpha value is -1.75. The van der Waals surface area contributed by atoms with Gasteiger partial charge in [0.05, 0.1) is 12.2 Å². The summed E-state index contributed by atoms with van der Waals surface area (Å²) in [6.45, 7) is 3.33. The third-order valence-electron chi connectivity index (χ3n) is 2.26. The van der Waals surface area contributed by atoms with Crippen molar-refractivity contribution in [3.63, 3.8) is 0 Å². The van der Waals surface area contributed by atoms with Crippen LogP contribution in [0.25, 0.3) is 0 Å². The highest BCUT2D eigenvalue weighted by molar-refractivity contribution is 5.16. The highest BCUT2D eigenvalue weighted by atomic mass is 15.4. The maximum Gasteiger partial charge on any atom is 0.0839 e. The van der Waals surface area contributed by atoms with E-state index in [0.717, 1.165) is 23.2 Å². The molecule has 16 heavy (non-hydrogen) atoms. The summed E-state index contributed by atoms with van der Waals surface area (Å²) in [5, 5.41) is 8.08. The van der Waals surface area contributed by atoms with Crippen LogP contribution >= 0.6 is 0 Å². The lowest BCUT2D eigenvalue weighted by Crippen LogP contribution is -2.03. The van der Waals surface area contributed by atoms with E-state index in [1.165, 1.54) is 0 Å². The Kier molecular flexibility index (Phi) is 3.26. The molecule has 0 aliphatic carbocycles. The summed E-state index contributed by atoms with van der Waals surface area (Å²) >= 11 is 0. The number of nitrogens with zero attached hydrogens (tertiary/aromatic N) is 4. The van der Waals surface area contributed by atoms with Gasteiger partial charge in [-0.3, -0.25) is 4.98 Å². The molecule has 2 aromatic heterocycles. The molecule has 5 nitrogen and oxygen atoms in total. The number of aryl methyl sites for hydroxylation is 1. The van der Waals surface area contributed by atoms with E-state index in [1.54, 1.807) is 4.68 Å². The van der Waals surface area contributed by atoms with E-state index in [4.69, 9.17) is 5.73 Å². The van der Waals surface area contributed by atoms with Crippen LogP contribution in [0.15, 0.2) is 24.7 Å². The van der Waals surface area contributed by atoms with Gasteiger partial charge in [-0.15, -0.1) is 5.10 Å². The van der Waals surface area contributed by atoms with Gasteiger partial charge in [0.1, 0.15) is 0 Å². The summed E-state index contributed by atoms with van der Waals surface area (Å²) in [6.07, 6.45) is 6.38. The monoisotopic (exact) mass is 217 g/mol. The van der Waals surface area contributed by atoms with Crippen molar-refractivity contribution in [2.45, 2.75) is 19.9 Å². The van der Waals surface area contributed by atoms with E-state index in [-0.39, 0.29) is 0 Å². The van der Waals surface area contributed by atoms with Crippen LogP contribution in [0.3, 0.4) is 0 Å². The lowest BCUT2D eigenvalue weighted by Gasteiger charge is -2.00. The molecule has 0 atom stereocenters. The van der Waals surface area contributed by atoms with Gasteiger partial charge in [0.15, 0.2) is 0 Å². The summed E-state index contributed by atoms with van der Waals surface area (Å²) in [6, 6.07) is 2.09. The van der Waals surface area contributed by atoms with Crippen molar-refractivity contribution >= 4 is 0 Å². The SMILES string of the molecule is Cc1cncc(Cn2cc(CCN)nn2)c1. The molecule has 0 spiro atoms. The van der Waals surface area contributed by atoms with Gasteiger partial charge < -0.3 is 5.73 Å². The number of rotatable bonds is 4. The highest BCUT2D eigenvalue weighted by Gasteiger charge is 2.01. The first kappa shape index (κ1) is 10.8. The van der Waals surface area contributed by atoms with Crippen molar-refractivity contribution in [3.8, 4) is 0 Å². The molecule has 0 amide bonds. The molecule has 0 unspecified atom stereocenters. The smallest absolute Gasteiger partial charge is 0.0839 e. The van der Waals surface area contributed by atoms with Crippen LogP contribution < -0.4 is 5.73 Å². The zero-order valence-corrected chi connectivity index (χ0v) is 9.30. The average molecular weight is 217 g/mol. The first-order chi connectivity index (χ1) is 7.78. The van der Waals surface area contributed by atoms with Gasteiger partial charge in [-0.2, -0.15) is 0 Å². The quantitative estimate of drug-likeness (QED) is 0.811. The lowest BCUT2D eigenvalue weighted by atomic mass is 10.2. The minimum absolute atomic E-state index is 0.602. The number of nitrogens with two attached hydrogens (primary N) is 1. The van der Waals surface area contributed by atoms with Crippen LogP contribution in [0.5, 0.6) is 0 Å². The maximum absolute atomic E-state index is 5.46. The summed E-state index contributed by atoms with van der Waals surface area (Å²) < 4.78 is 1.81. The molecule has 0 saturated heterocycles. The molecule has 2 aromatic rings. The Morgan fingerprint density at radius 3 is 3.00 bits per heavy atom. The summed E-state index contributed by atoms with van der Waals surface area (Å²) in [7, 11) is 0. The Morgan fingerprint density at radius 2 is 2.25 bits per heavy atom. The van der Waals surface area contributed by atoms with E-state index in [2.05, 4.69) is 21.4 Å². The fraction of sp³-hybridized carbons (Fsp3) is 0.364. The molecular weight excluding hydrogens is 202 g/mol. The molecule has 5 heteroatoms. The van der Waals surface area contributed by atoms with Crippen molar-refractivity contribution in [2.24, 2.45) is 5.73 Å². The topological polar surface area (TPSA) is 69.6 Å². The number of hydrogen-bond acceptors (Lipinski definition) is 4. The Morgan fingerprint density at radius 1 is 1.38 bits per heavy atom. The van der Waals surface area contributed by atoms with Gasteiger partial charge in [0.25, 0.3) is 0 Å². The predicted octanol–water partition coefficient (Wildman–Crippen LogP) is 0.531. The van der Waals surface area contributed by atoms with Crippen LogP contribution in [0.1, 0.15) is 16.8 Å². The van der Waals surface area contributed by atoms with E-state index in [9.17, 15) is 0 Å². The molecule has 84 valence electrons. The van der Waals surface area contributed by atoms with Gasteiger partial charge in [0.2, 0.25) is 0 Å². The first-order valence-corrected chi connectivity index (χ1v) is 5.27. The molecule has 2 N–H and O–H groups in total. The van der Waals surface area contributed by atoms with Crippen molar-refractivity contribution in [1.29, 1.82) is 0 Å². The standard InChI is InChI=1S/C11H15N5/c1-9-4-10(6-13-5-9)7-16-8-11(2-3-12)14-15-16/h4-6,8H,2-3,7,12H2,1H3. The molecule has 0 fully saturated rings. The molecule has 0 aromatic carbocycles. The Labute approximate surface area is 94.3 Å². The molecule has 0 radical (unpaired) electrons. The van der Waals surface area contributed by atoms with Gasteiger partial charge in [-0.25, -0.2) is 4.68 Å². The molecule has 2 rings (SSSR count). The second-order valence-electron chi connectivity index (χ2n) is 3.82. The molecule has 0 bridgehead atoms. The number of aromatic nitrogens is 4. The Bertz CT molecular complexity index is 463. The van der Waals surface area contributed by atoms with E-state index >= 15 is 0 Å². The molecule has 2 heterocycles. The van der Waals surface area contributed by atoms with Crippen LogP contribution in [-0.2, 0) is 13.0 Å². The normalized spacial score (nSPS) is 10.6. The van der Waals surface area contributed by atoms with Crippen molar-refractivity contribution in [1.82, 2.24) is 20.0 Å². The van der Waals surface area contributed by atoms with Crippen molar-refractivity contribution < 1.29 is 0 Å². The van der Waals surface area contributed by atoms with E-state index < -0.39 is 0 Å². The molecule has 0 aliphatic rings. The largest absolute Gasteiger partial charge is 0.330 e. The predicted molar refractivity (Wildman–Crippen MR) is 60.9 cm³/mol. The van der Waals surface area contributed by atoms with Crippen LogP contribution in [-0.4, -0.2) is 26.5 Å². The average Bonchev–Trinajstić information content (AvgIpc) is 2.66. The molecule has 0 saturated carbocycles. The maximum atomic E-state index is 5.46. The third-order valence-corrected chi connectivity index (χ3v) is 2.26. The number of pyridine rings is 1. The van der Waals surface area contributed by atoms with Gasteiger partial charge in [-0.05, 0) is 24.6 Å². The first-order valence-electron chi connectivity index (χ1n) is 5.27. The molecular formula is C11H15N5. The van der Waals surface area contributed by atoms with Crippen LogP contribution in [0, 0.1) is 6.92 Å². The van der Waals surface area contributed by atoms with E-state index in [1.807, 2.05) is 25.5 Å². The minimum Gasteiger partial charge on any atom is -0.330 e. The Balaban J connectivity index is 2.08. The second kappa shape index (κ2) is 4.85. The van der Waals surface area contributed by atoms with Gasteiger partial charge >= 0.3 is 0 Å². The minimum atomic E-state index is 0.602. The van der Waals surface area contributed by atoms with Crippen molar-refractivity contribution in [2.75, 3.05) is 6.54 Å². The van der Waals surface area contributed by atoms with Crippen LogP contribution in [0.2, 0.25) is 0 Å². The zero-order valence-electron chi connectivity index (χ0n) is 9.30. The van der Waals surface area contributed by atoms with Crippen molar-refractivity contribution in [3.05, 3.63) is 41.5 Å². The zero-order chi connectivity index (χ0) is 11.4. The molecule has 0 aliphatic heterocycles. The summed E-state index contributed by atoms with van der Waals surface area (Å²) in [5.41, 5.74) is 8.67. The fourth-order valence-corrected chi connectivity index (χ4v) is 1.57. The number of hydrogen-bond donors (Lipinski definition) is 1. The summed E-state index contributed by atoms with van der Waals surface area (Å²) in [5.74, 6) is 0. The van der Waals surface area contributed by atoms with Gasteiger partial charge in [-0.1, -0.05) is 11.3 Å². The lowest BCUT2D eigenvalue weighted by molar-refractivity contribution is 0.647. The van der Waals surface area contributed by atoms with E-state index in [0.29, 0.717) is 13.1 Å². The third kappa shape index (κ3) is 2.64. The summed E-state index contributed by atoms with van der Waals surface area (Å²) in [4.78, 5) is 4.14. The highest BCUT2D eigenvalue weighted by Crippen LogP contribution is 2.04. The fourth-order valence-electron chi connectivity index (χ4n) is 1.57. The van der Waals surface area contributed by atoms with Gasteiger partial charge in [0, 0.05) is 25.0 Å².